The molecule has 1 aromatic carbocycles. The molecule has 0 spiro atoms. The lowest BCUT2D eigenvalue weighted by Crippen LogP contribution is -2.29. The van der Waals surface area contributed by atoms with Gasteiger partial charge in [0.1, 0.15) is 10.7 Å². The average Bonchev–Trinajstić information content (AvgIpc) is 2.94. The third-order valence-corrected chi connectivity index (χ3v) is 3.88. The Morgan fingerprint density at radius 2 is 1.91 bits per heavy atom. The van der Waals surface area contributed by atoms with E-state index in [1.165, 1.54) is 16.9 Å². The lowest BCUT2D eigenvalue weighted by molar-refractivity contribution is 0.0950. The largest absolute Gasteiger partial charge is 0.349 e. The molecule has 0 aliphatic rings. The van der Waals surface area contributed by atoms with Crippen LogP contribution in [0.4, 0.5) is 0 Å². The number of carbonyl (C=O) groups excluding carboxylic acids is 1. The lowest BCUT2D eigenvalue weighted by atomic mass is 10.0. The maximum absolute atomic E-state index is 11.8. The number of hydrogen-bond donors (Lipinski definition) is 2. The zero-order valence-corrected chi connectivity index (χ0v) is 15.0. The summed E-state index contributed by atoms with van der Waals surface area (Å²) in [5.41, 5.74) is 8.14. The molecule has 1 amide bonds. The van der Waals surface area contributed by atoms with Crippen LogP contribution in [-0.2, 0) is 0 Å². The average molecular weight is 362 g/mol. The molecular weight excluding hydrogens is 341 g/mol. The summed E-state index contributed by atoms with van der Waals surface area (Å²) >= 11 is 1.48. The standard InChI is InChI=1S/C15H19N3OS.2ClH/c1-10(2)11-3-5-12(6-4-11)15-18-13(9-20-15)14(19)17-8-7-16;;/h3-6,9-10H,7-8,16H2,1-2H3,(H,17,19);2*1H. The van der Waals surface area contributed by atoms with Crippen LogP contribution in [0.2, 0.25) is 0 Å². The Balaban J connectivity index is 0.00000220. The molecule has 0 radical (unpaired) electrons. The summed E-state index contributed by atoms with van der Waals surface area (Å²) in [4.78, 5) is 16.1. The fourth-order valence-electron chi connectivity index (χ4n) is 1.80. The molecule has 7 heteroatoms. The molecule has 0 fully saturated rings. The van der Waals surface area contributed by atoms with Gasteiger partial charge in [-0.3, -0.25) is 4.79 Å². The number of nitrogens with two attached hydrogens (primary N) is 1. The number of rotatable bonds is 5. The summed E-state index contributed by atoms with van der Waals surface area (Å²) in [6.45, 7) is 5.23. The van der Waals surface area contributed by atoms with Gasteiger partial charge in [-0.05, 0) is 11.5 Å². The van der Waals surface area contributed by atoms with E-state index in [1.807, 2.05) is 0 Å². The fourth-order valence-corrected chi connectivity index (χ4v) is 2.60. The molecule has 2 aromatic rings. The Morgan fingerprint density at radius 3 is 2.45 bits per heavy atom. The number of nitrogens with zero attached hydrogens (tertiary/aromatic N) is 1. The topological polar surface area (TPSA) is 68.0 Å². The fraction of sp³-hybridized carbons (Fsp3) is 0.333. The smallest absolute Gasteiger partial charge is 0.270 e. The third kappa shape index (κ3) is 5.25. The van der Waals surface area contributed by atoms with Crippen molar-refractivity contribution in [2.45, 2.75) is 19.8 Å². The van der Waals surface area contributed by atoms with Gasteiger partial charge in [-0.2, -0.15) is 0 Å². The highest BCUT2D eigenvalue weighted by atomic mass is 35.5. The van der Waals surface area contributed by atoms with E-state index in [4.69, 9.17) is 5.73 Å². The van der Waals surface area contributed by atoms with Gasteiger partial charge in [0.2, 0.25) is 0 Å². The molecule has 0 aliphatic carbocycles. The second-order valence-electron chi connectivity index (χ2n) is 4.86. The van der Waals surface area contributed by atoms with E-state index in [0.29, 0.717) is 24.7 Å². The predicted molar refractivity (Wildman–Crippen MR) is 97.5 cm³/mol. The minimum atomic E-state index is -0.170. The van der Waals surface area contributed by atoms with Crippen molar-refractivity contribution in [2.75, 3.05) is 13.1 Å². The van der Waals surface area contributed by atoms with Crippen molar-refractivity contribution in [2.24, 2.45) is 5.73 Å². The number of amides is 1. The Bertz CT molecular complexity index is 585. The first-order chi connectivity index (χ1) is 9.61. The van der Waals surface area contributed by atoms with Crippen LogP contribution in [0.5, 0.6) is 0 Å². The van der Waals surface area contributed by atoms with Crippen LogP contribution < -0.4 is 11.1 Å². The zero-order chi connectivity index (χ0) is 14.5. The Hall–Kier alpha value is -1.14. The Kier molecular flexibility index (Phi) is 9.28. The summed E-state index contributed by atoms with van der Waals surface area (Å²) in [6, 6.07) is 8.32. The molecule has 0 bridgehead atoms. The molecule has 0 saturated carbocycles. The van der Waals surface area contributed by atoms with Gasteiger partial charge in [0.25, 0.3) is 5.91 Å². The van der Waals surface area contributed by atoms with E-state index in [2.05, 4.69) is 48.4 Å². The van der Waals surface area contributed by atoms with Crippen molar-refractivity contribution in [3.8, 4) is 10.6 Å². The highest BCUT2D eigenvalue weighted by Crippen LogP contribution is 2.25. The van der Waals surface area contributed by atoms with Crippen molar-refractivity contribution in [3.05, 3.63) is 40.9 Å². The van der Waals surface area contributed by atoms with Crippen LogP contribution >= 0.6 is 36.2 Å². The van der Waals surface area contributed by atoms with E-state index in [1.54, 1.807) is 5.38 Å². The quantitative estimate of drug-likeness (QED) is 0.856. The first-order valence-corrected chi connectivity index (χ1v) is 7.54. The third-order valence-electron chi connectivity index (χ3n) is 2.99. The van der Waals surface area contributed by atoms with Gasteiger partial charge < -0.3 is 11.1 Å². The van der Waals surface area contributed by atoms with Gasteiger partial charge in [0.15, 0.2) is 0 Å². The second kappa shape index (κ2) is 9.79. The van der Waals surface area contributed by atoms with Gasteiger partial charge in [-0.25, -0.2) is 4.98 Å². The number of carbonyl (C=O) groups is 1. The molecule has 3 N–H and O–H groups in total. The van der Waals surface area contributed by atoms with Gasteiger partial charge in [-0.15, -0.1) is 36.2 Å². The molecule has 0 saturated heterocycles. The molecule has 0 unspecified atom stereocenters. The monoisotopic (exact) mass is 361 g/mol. The molecule has 1 heterocycles. The predicted octanol–water partition coefficient (Wildman–Crippen LogP) is 3.47. The number of hydrogen-bond acceptors (Lipinski definition) is 4. The molecule has 4 nitrogen and oxygen atoms in total. The van der Waals surface area contributed by atoms with Gasteiger partial charge in [0, 0.05) is 24.0 Å². The Labute approximate surface area is 147 Å². The van der Waals surface area contributed by atoms with Crippen LogP contribution in [0.1, 0.15) is 35.8 Å². The van der Waals surface area contributed by atoms with Crippen LogP contribution in [0.3, 0.4) is 0 Å². The lowest BCUT2D eigenvalue weighted by Gasteiger charge is -2.05. The summed E-state index contributed by atoms with van der Waals surface area (Å²) in [7, 11) is 0. The van der Waals surface area contributed by atoms with Crippen LogP contribution in [-0.4, -0.2) is 24.0 Å². The van der Waals surface area contributed by atoms with Crippen LogP contribution in [0, 0.1) is 0 Å². The first kappa shape index (κ1) is 20.9. The van der Waals surface area contributed by atoms with Crippen LogP contribution in [0.25, 0.3) is 10.6 Å². The van der Waals surface area contributed by atoms with E-state index in [9.17, 15) is 4.79 Å². The number of nitrogens with one attached hydrogen (secondary N) is 1. The van der Waals surface area contributed by atoms with E-state index < -0.39 is 0 Å². The summed E-state index contributed by atoms with van der Waals surface area (Å²) < 4.78 is 0. The minimum Gasteiger partial charge on any atom is -0.349 e. The second-order valence-corrected chi connectivity index (χ2v) is 5.72. The van der Waals surface area contributed by atoms with Gasteiger partial charge in [-0.1, -0.05) is 38.1 Å². The van der Waals surface area contributed by atoms with Crippen molar-refractivity contribution >= 4 is 42.1 Å². The van der Waals surface area contributed by atoms with Crippen molar-refractivity contribution in [3.63, 3.8) is 0 Å². The number of benzene rings is 1. The number of halogens is 2. The SMILES string of the molecule is CC(C)c1ccc(-c2nc(C(=O)NCCN)cs2)cc1.Cl.Cl. The minimum absolute atomic E-state index is 0. The van der Waals surface area contributed by atoms with E-state index in [0.717, 1.165) is 10.6 Å². The highest BCUT2D eigenvalue weighted by Gasteiger charge is 2.11. The highest BCUT2D eigenvalue weighted by molar-refractivity contribution is 7.13. The van der Waals surface area contributed by atoms with Crippen molar-refractivity contribution < 1.29 is 4.79 Å². The van der Waals surface area contributed by atoms with E-state index in [-0.39, 0.29) is 30.7 Å². The van der Waals surface area contributed by atoms with Gasteiger partial charge >= 0.3 is 0 Å². The molecule has 2 rings (SSSR count). The molecular formula is C15H21Cl2N3OS. The van der Waals surface area contributed by atoms with Crippen molar-refractivity contribution in [1.29, 1.82) is 0 Å². The van der Waals surface area contributed by atoms with Crippen LogP contribution in [0.15, 0.2) is 29.6 Å². The summed E-state index contributed by atoms with van der Waals surface area (Å²) in [5.74, 6) is 0.342. The number of thiazole rings is 1. The maximum atomic E-state index is 11.8. The number of aromatic nitrogens is 1. The summed E-state index contributed by atoms with van der Waals surface area (Å²) in [5, 5.41) is 5.35. The van der Waals surface area contributed by atoms with Gasteiger partial charge in [0.05, 0.1) is 0 Å². The maximum Gasteiger partial charge on any atom is 0.270 e. The molecule has 0 aliphatic heterocycles. The molecule has 22 heavy (non-hydrogen) atoms. The Morgan fingerprint density at radius 1 is 1.27 bits per heavy atom. The molecule has 122 valence electrons. The van der Waals surface area contributed by atoms with Crippen molar-refractivity contribution in [1.82, 2.24) is 10.3 Å². The summed E-state index contributed by atoms with van der Waals surface area (Å²) in [6.07, 6.45) is 0. The first-order valence-electron chi connectivity index (χ1n) is 6.66. The molecule has 1 aromatic heterocycles. The normalized spacial score (nSPS) is 9.82. The molecule has 0 atom stereocenters. The zero-order valence-electron chi connectivity index (χ0n) is 12.5. The van der Waals surface area contributed by atoms with E-state index >= 15 is 0 Å².